The summed E-state index contributed by atoms with van der Waals surface area (Å²) in [6.07, 6.45) is -4.79. The fourth-order valence-electron chi connectivity index (χ4n) is 1.64. The van der Waals surface area contributed by atoms with Crippen LogP contribution in [-0.4, -0.2) is 16.0 Å². The third kappa shape index (κ3) is 2.56. The molecule has 0 aliphatic heterocycles. The zero-order valence-electron chi connectivity index (χ0n) is 9.90. The van der Waals surface area contributed by atoms with E-state index in [0.717, 1.165) is 4.68 Å². The van der Waals surface area contributed by atoms with Crippen LogP contribution in [0.5, 0.6) is 5.75 Å². The summed E-state index contributed by atoms with van der Waals surface area (Å²) in [5.74, 6) is 5.66. The molecule has 4 N–H and O–H groups in total. The Morgan fingerprint density at radius 2 is 1.89 bits per heavy atom. The maximum Gasteiger partial charge on any atom is 0.573 e. The Labute approximate surface area is 106 Å². The summed E-state index contributed by atoms with van der Waals surface area (Å²) in [6, 6.07) is 5.60. The number of benzene rings is 1. The minimum absolute atomic E-state index is 0.0655. The number of para-hydroxylation sites is 1. The first-order valence-electron chi connectivity index (χ1n) is 5.24. The van der Waals surface area contributed by atoms with Crippen molar-refractivity contribution in [2.24, 2.45) is 0 Å². The highest BCUT2D eigenvalue weighted by Gasteiger charge is 2.32. The number of aromatic nitrogens is 2. The lowest BCUT2D eigenvalue weighted by Gasteiger charge is -2.12. The second kappa shape index (κ2) is 4.38. The van der Waals surface area contributed by atoms with E-state index in [1.54, 1.807) is 13.0 Å². The standard InChI is InChI=1S/C11H11F3N4O/c1-6-17-9(10(15)18(6)16)7-4-2-3-5-8(7)19-11(12,13)14/h2-5H,15-16H2,1H3. The van der Waals surface area contributed by atoms with E-state index >= 15 is 0 Å². The number of alkyl halides is 3. The van der Waals surface area contributed by atoms with E-state index in [2.05, 4.69) is 9.72 Å². The first-order chi connectivity index (χ1) is 8.79. The molecule has 2 aromatic rings. The van der Waals surface area contributed by atoms with E-state index in [4.69, 9.17) is 11.6 Å². The van der Waals surface area contributed by atoms with E-state index in [1.165, 1.54) is 18.2 Å². The fourth-order valence-corrected chi connectivity index (χ4v) is 1.64. The van der Waals surface area contributed by atoms with Crippen LogP contribution in [-0.2, 0) is 0 Å². The van der Waals surface area contributed by atoms with Crippen LogP contribution in [0.4, 0.5) is 19.0 Å². The number of hydrogen-bond donors (Lipinski definition) is 2. The zero-order chi connectivity index (χ0) is 14.2. The van der Waals surface area contributed by atoms with Crippen LogP contribution in [0.15, 0.2) is 24.3 Å². The van der Waals surface area contributed by atoms with Gasteiger partial charge in [0.1, 0.15) is 17.3 Å². The Morgan fingerprint density at radius 3 is 2.42 bits per heavy atom. The summed E-state index contributed by atoms with van der Waals surface area (Å²) in [6.45, 7) is 1.59. The minimum atomic E-state index is -4.79. The summed E-state index contributed by atoms with van der Waals surface area (Å²) in [4.78, 5) is 4.04. The van der Waals surface area contributed by atoms with Crippen LogP contribution >= 0.6 is 0 Å². The maximum atomic E-state index is 12.3. The third-order valence-corrected chi connectivity index (χ3v) is 2.49. The first kappa shape index (κ1) is 13.1. The van der Waals surface area contributed by atoms with Gasteiger partial charge in [0.2, 0.25) is 0 Å². The lowest BCUT2D eigenvalue weighted by molar-refractivity contribution is -0.274. The van der Waals surface area contributed by atoms with Crippen molar-refractivity contribution in [3.63, 3.8) is 0 Å². The number of anilines is 1. The average molecular weight is 272 g/mol. The number of nitrogens with two attached hydrogens (primary N) is 2. The molecule has 5 nitrogen and oxygen atoms in total. The SMILES string of the molecule is Cc1nc(-c2ccccc2OC(F)(F)F)c(N)n1N. The van der Waals surface area contributed by atoms with Crippen molar-refractivity contribution in [1.82, 2.24) is 9.66 Å². The summed E-state index contributed by atoms with van der Waals surface area (Å²) >= 11 is 0. The largest absolute Gasteiger partial charge is 0.573 e. The molecule has 0 saturated heterocycles. The molecule has 0 saturated carbocycles. The quantitative estimate of drug-likeness (QED) is 0.820. The number of nitrogen functional groups attached to an aromatic ring is 2. The Morgan fingerprint density at radius 1 is 1.26 bits per heavy atom. The van der Waals surface area contributed by atoms with Crippen LogP contribution in [0.25, 0.3) is 11.3 Å². The fraction of sp³-hybridized carbons (Fsp3) is 0.182. The number of halogens is 3. The normalized spacial score (nSPS) is 11.6. The Bertz CT molecular complexity index is 606. The summed E-state index contributed by atoms with van der Waals surface area (Å²) in [5.41, 5.74) is 5.99. The second-order valence-corrected chi connectivity index (χ2v) is 3.81. The molecule has 0 aliphatic rings. The molecule has 1 aromatic heterocycles. The molecule has 0 bridgehead atoms. The monoisotopic (exact) mass is 272 g/mol. The lowest BCUT2D eigenvalue weighted by Crippen LogP contribution is -2.17. The lowest BCUT2D eigenvalue weighted by atomic mass is 10.1. The molecule has 102 valence electrons. The molecule has 8 heteroatoms. The summed E-state index contributed by atoms with van der Waals surface area (Å²) in [5, 5.41) is 0. The van der Waals surface area contributed by atoms with Crippen LogP contribution in [0, 0.1) is 6.92 Å². The van der Waals surface area contributed by atoms with Gasteiger partial charge in [0.15, 0.2) is 5.82 Å². The molecule has 19 heavy (non-hydrogen) atoms. The molecule has 0 unspecified atom stereocenters. The van der Waals surface area contributed by atoms with Gasteiger partial charge in [-0.1, -0.05) is 12.1 Å². The molecule has 0 spiro atoms. The molecule has 0 radical (unpaired) electrons. The molecular formula is C11H11F3N4O. The van der Waals surface area contributed by atoms with Gasteiger partial charge in [-0.25, -0.2) is 9.66 Å². The minimum Gasteiger partial charge on any atom is -0.405 e. The van der Waals surface area contributed by atoms with Crippen molar-refractivity contribution < 1.29 is 17.9 Å². The predicted octanol–water partition coefficient (Wildman–Crippen LogP) is 2.05. The van der Waals surface area contributed by atoms with Gasteiger partial charge in [-0.2, -0.15) is 0 Å². The van der Waals surface area contributed by atoms with E-state index in [9.17, 15) is 13.2 Å². The summed E-state index contributed by atoms with van der Waals surface area (Å²) < 4.78 is 42.0. The van der Waals surface area contributed by atoms with E-state index in [-0.39, 0.29) is 22.8 Å². The topological polar surface area (TPSA) is 79.1 Å². The first-order valence-corrected chi connectivity index (χ1v) is 5.24. The van der Waals surface area contributed by atoms with Crippen molar-refractivity contribution in [2.75, 3.05) is 11.6 Å². The molecule has 1 heterocycles. The highest BCUT2D eigenvalue weighted by molar-refractivity contribution is 5.76. The second-order valence-electron chi connectivity index (χ2n) is 3.81. The molecule has 0 amide bonds. The van der Waals surface area contributed by atoms with Gasteiger partial charge in [-0.15, -0.1) is 13.2 Å². The van der Waals surface area contributed by atoms with Crippen molar-refractivity contribution in [1.29, 1.82) is 0 Å². The highest BCUT2D eigenvalue weighted by atomic mass is 19.4. The van der Waals surface area contributed by atoms with Crippen molar-refractivity contribution >= 4 is 5.82 Å². The van der Waals surface area contributed by atoms with Gasteiger partial charge >= 0.3 is 6.36 Å². The highest BCUT2D eigenvalue weighted by Crippen LogP contribution is 2.35. The number of imidazole rings is 1. The van der Waals surface area contributed by atoms with Gasteiger partial charge in [-0.05, 0) is 19.1 Å². The molecule has 0 aliphatic carbocycles. The number of aryl methyl sites for hydroxylation is 1. The van der Waals surface area contributed by atoms with Crippen LogP contribution in [0.2, 0.25) is 0 Å². The van der Waals surface area contributed by atoms with Crippen molar-refractivity contribution in [3.05, 3.63) is 30.1 Å². The zero-order valence-corrected chi connectivity index (χ0v) is 9.90. The Balaban J connectivity index is 2.53. The number of rotatable bonds is 2. The van der Waals surface area contributed by atoms with Crippen molar-refractivity contribution in [2.45, 2.75) is 13.3 Å². The van der Waals surface area contributed by atoms with Crippen LogP contribution in [0.1, 0.15) is 5.82 Å². The van der Waals surface area contributed by atoms with Gasteiger partial charge in [0.25, 0.3) is 0 Å². The molecule has 0 fully saturated rings. The Kier molecular flexibility index (Phi) is 3.01. The number of ether oxygens (including phenoxy) is 1. The number of hydrogen-bond acceptors (Lipinski definition) is 4. The summed E-state index contributed by atoms with van der Waals surface area (Å²) in [7, 11) is 0. The average Bonchev–Trinajstić information content (AvgIpc) is 2.56. The third-order valence-electron chi connectivity index (χ3n) is 2.49. The predicted molar refractivity (Wildman–Crippen MR) is 63.6 cm³/mol. The van der Waals surface area contributed by atoms with E-state index in [0.29, 0.717) is 5.82 Å². The van der Waals surface area contributed by atoms with Crippen LogP contribution in [0.3, 0.4) is 0 Å². The smallest absolute Gasteiger partial charge is 0.405 e. The van der Waals surface area contributed by atoms with E-state index in [1.807, 2.05) is 0 Å². The Hall–Kier alpha value is -2.38. The van der Waals surface area contributed by atoms with Gasteiger partial charge in [0.05, 0.1) is 0 Å². The molecular weight excluding hydrogens is 261 g/mol. The molecule has 1 aromatic carbocycles. The number of nitrogens with zero attached hydrogens (tertiary/aromatic N) is 2. The van der Waals surface area contributed by atoms with Crippen molar-refractivity contribution in [3.8, 4) is 17.0 Å². The van der Waals surface area contributed by atoms with Crippen LogP contribution < -0.4 is 16.3 Å². The van der Waals surface area contributed by atoms with E-state index < -0.39 is 6.36 Å². The van der Waals surface area contributed by atoms with Gasteiger partial charge < -0.3 is 16.3 Å². The molecule has 2 rings (SSSR count). The van der Waals surface area contributed by atoms with Gasteiger partial charge in [0, 0.05) is 5.56 Å². The maximum absolute atomic E-state index is 12.3. The molecule has 0 atom stereocenters. The van der Waals surface area contributed by atoms with Gasteiger partial charge in [-0.3, -0.25) is 0 Å².